The van der Waals surface area contributed by atoms with E-state index < -0.39 is 0 Å². The van der Waals surface area contributed by atoms with Gasteiger partial charge >= 0.3 is 5.97 Å². The van der Waals surface area contributed by atoms with E-state index in [2.05, 4.69) is 17.1 Å². The van der Waals surface area contributed by atoms with Crippen LogP contribution in [-0.4, -0.2) is 17.6 Å². The largest absolute Gasteiger partial charge is 0.461 e. The number of hydrogen-bond acceptors (Lipinski definition) is 2. The molecule has 0 amide bonds. The van der Waals surface area contributed by atoms with Gasteiger partial charge in [0.25, 0.3) is 0 Å². The highest BCUT2D eigenvalue weighted by Gasteiger charge is 2.18. The van der Waals surface area contributed by atoms with Crippen LogP contribution < -0.4 is 4.57 Å². The van der Waals surface area contributed by atoms with Crippen molar-refractivity contribution in [2.24, 2.45) is 0 Å². The second-order valence-corrected chi connectivity index (χ2v) is 4.79. The molecule has 2 aromatic heterocycles. The molecule has 0 aliphatic rings. The van der Waals surface area contributed by atoms with Gasteiger partial charge < -0.3 is 9.72 Å². The number of rotatable bonds is 3. The topological polar surface area (TPSA) is 46.0 Å². The van der Waals surface area contributed by atoms with Gasteiger partial charge in [0.1, 0.15) is 5.52 Å². The van der Waals surface area contributed by atoms with Gasteiger partial charge in [-0.05, 0) is 13.0 Å². The maximum Gasteiger partial charge on any atom is 0.372 e. The number of H-pyrrole nitrogens is 1. The molecule has 0 fully saturated rings. The van der Waals surface area contributed by atoms with E-state index in [0.717, 1.165) is 16.7 Å². The van der Waals surface area contributed by atoms with Gasteiger partial charge in [-0.1, -0.05) is 18.2 Å². The van der Waals surface area contributed by atoms with Crippen LogP contribution in [0.25, 0.3) is 21.8 Å². The van der Waals surface area contributed by atoms with E-state index in [1.807, 2.05) is 42.8 Å². The van der Waals surface area contributed by atoms with Crippen molar-refractivity contribution in [2.45, 2.75) is 20.4 Å². The standard InChI is InChI=1S/C16H16N2O2/c1-3-20-15(19)10-18-9-8-13-12-6-4-5-7-14(12)17-16(13)11(18)2/h4-9H,3,10H2,1-2H3/p+1. The first-order valence-electron chi connectivity index (χ1n) is 6.75. The van der Waals surface area contributed by atoms with Crippen LogP contribution >= 0.6 is 0 Å². The van der Waals surface area contributed by atoms with Crippen molar-refractivity contribution < 1.29 is 14.1 Å². The van der Waals surface area contributed by atoms with Gasteiger partial charge in [0.05, 0.1) is 6.61 Å². The van der Waals surface area contributed by atoms with Crippen LogP contribution in [0.5, 0.6) is 0 Å². The summed E-state index contributed by atoms with van der Waals surface area (Å²) in [6, 6.07) is 10.2. The molecule has 4 nitrogen and oxygen atoms in total. The predicted molar refractivity (Wildman–Crippen MR) is 77.4 cm³/mol. The Hall–Kier alpha value is -2.36. The molecule has 4 heteroatoms. The lowest BCUT2D eigenvalue weighted by atomic mass is 10.1. The molecule has 0 radical (unpaired) electrons. The van der Waals surface area contributed by atoms with E-state index in [0.29, 0.717) is 6.61 Å². The average molecular weight is 269 g/mol. The summed E-state index contributed by atoms with van der Waals surface area (Å²) in [4.78, 5) is 15.0. The number of para-hydroxylation sites is 1. The van der Waals surface area contributed by atoms with Crippen LogP contribution in [0.2, 0.25) is 0 Å². The van der Waals surface area contributed by atoms with Gasteiger partial charge in [0.2, 0.25) is 12.2 Å². The van der Waals surface area contributed by atoms with Crippen molar-refractivity contribution in [2.75, 3.05) is 6.61 Å². The Balaban J connectivity index is 2.11. The quantitative estimate of drug-likeness (QED) is 0.586. The van der Waals surface area contributed by atoms with Crippen LogP contribution in [0.4, 0.5) is 0 Å². The molecular formula is C16H17N2O2+. The first-order chi connectivity index (χ1) is 9.70. The van der Waals surface area contributed by atoms with Crippen molar-refractivity contribution >= 4 is 27.8 Å². The van der Waals surface area contributed by atoms with Crippen LogP contribution in [0.1, 0.15) is 12.6 Å². The number of nitrogens with zero attached hydrogens (tertiary/aromatic N) is 1. The zero-order valence-electron chi connectivity index (χ0n) is 11.6. The minimum absolute atomic E-state index is 0.212. The second kappa shape index (κ2) is 4.96. The predicted octanol–water partition coefficient (Wildman–Crippen LogP) is 2.48. The zero-order valence-corrected chi connectivity index (χ0v) is 11.6. The summed E-state index contributed by atoms with van der Waals surface area (Å²) in [5.74, 6) is -0.212. The smallest absolute Gasteiger partial charge is 0.372 e. The molecule has 20 heavy (non-hydrogen) atoms. The molecule has 0 aliphatic carbocycles. The molecular weight excluding hydrogens is 252 g/mol. The van der Waals surface area contributed by atoms with Crippen molar-refractivity contribution in [1.29, 1.82) is 0 Å². The third kappa shape index (κ3) is 2.03. The van der Waals surface area contributed by atoms with Gasteiger partial charge in [-0.3, -0.25) is 0 Å². The van der Waals surface area contributed by atoms with E-state index in [9.17, 15) is 4.79 Å². The minimum atomic E-state index is -0.212. The molecule has 0 saturated carbocycles. The number of carbonyl (C=O) groups is 1. The lowest BCUT2D eigenvalue weighted by Gasteiger charge is -2.01. The molecule has 3 aromatic rings. The Labute approximate surface area is 117 Å². The maximum atomic E-state index is 11.6. The van der Waals surface area contributed by atoms with Crippen LogP contribution in [0, 0.1) is 6.92 Å². The van der Waals surface area contributed by atoms with Crippen molar-refractivity contribution in [3.8, 4) is 0 Å². The fraction of sp³-hybridized carbons (Fsp3) is 0.250. The number of hydrogen-bond donors (Lipinski definition) is 1. The van der Waals surface area contributed by atoms with E-state index in [-0.39, 0.29) is 12.5 Å². The monoisotopic (exact) mass is 269 g/mol. The first-order valence-corrected chi connectivity index (χ1v) is 6.75. The SMILES string of the molecule is CCOC(=O)C[n+]1ccc2c([nH]c3ccccc32)c1C. The van der Waals surface area contributed by atoms with Crippen LogP contribution in [0.3, 0.4) is 0 Å². The van der Waals surface area contributed by atoms with Crippen molar-refractivity contribution in [1.82, 2.24) is 4.98 Å². The van der Waals surface area contributed by atoms with Gasteiger partial charge in [0, 0.05) is 29.3 Å². The molecule has 0 spiro atoms. The molecule has 3 rings (SSSR count). The number of pyridine rings is 1. The number of carbonyl (C=O) groups excluding carboxylic acids is 1. The fourth-order valence-corrected chi connectivity index (χ4v) is 2.56. The maximum absolute atomic E-state index is 11.6. The van der Waals surface area contributed by atoms with E-state index >= 15 is 0 Å². The van der Waals surface area contributed by atoms with Crippen LogP contribution in [-0.2, 0) is 16.1 Å². The zero-order chi connectivity index (χ0) is 14.1. The van der Waals surface area contributed by atoms with E-state index in [4.69, 9.17) is 4.74 Å². The van der Waals surface area contributed by atoms with Gasteiger partial charge in [-0.2, -0.15) is 4.57 Å². The number of ether oxygens (including phenoxy) is 1. The highest BCUT2D eigenvalue weighted by Crippen LogP contribution is 2.25. The molecule has 0 aliphatic heterocycles. The number of esters is 1. The third-order valence-corrected chi connectivity index (χ3v) is 3.56. The summed E-state index contributed by atoms with van der Waals surface area (Å²) in [6.07, 6.45) is 1.94. The molecule has 102 valence electrons. The summed E-state index contributed by atoms with van der Waals surface area (Å²) in [6.45, 7) is 4.48. The van der Waals surface area contributed by atoms with Crippen LogP contribution in [0.15, 0.2) is 36.5 Å². The molecule has 0 unspecified atom stereocenters. The summed E-state index contributed by atoms with van der Waals surface area (Å²) >= 11 is 0. The highest BCUT2D eigenvalue weighted by molar-refractivity contribution is 6.07. The minimum Gasteiger partial charge on any atom is -0.461 e. The summed E-state index contributed by atoms with van der Waals surface area (Å²) in [7, 11) is 0. The molecule has 0 bridgehead atoms. The number of fused-ring (bicyclic) bond motifs is 3. The van der Waals surface area contributed by atoms with E-state index in [1.54, 1.807) is 0 Å². The third-order valence-electron chi connectivity index (χ3n) is 3.56. The highest BCUT2D eigenvalue weighted by atomic mass is 16.5. The number of aromatic amines is 1. The van der Waals surface area contributed by atoms with Gasteiger partial charge in [-0.15, -0.1) is 0 Å². The second-order valence-electron chi connectivity index (χ2n) is 4.79. The van der Waals surface area contributed by atoms with Gasteiger partial charge in [-0.25, -0.2) is 4.79 Å². The molecule has 2 heterocycles. The first kappa shape index (κ1) is 12.7. The van der Waals surface area contributed by atoms with Gasteiger partial charge in [0.15, 0.2) is 6.20 Å². The Morgan fingerprint density at radius 1 is 1.25 bits per heavy atom. The summed E-state index contributed by atoms with van der Waals surface area (Å²) < 4.78 is 6.91. The number of benzene rings is 1. The Kier molecular flexibility index (Phi) is 3.14. The molecule has 0 atom stereocenters. The normalized spacial score (nSPS) is 11.1. The number of aromatic nitrogens is 2. The lowest BCUT2D eigenvalue weighted by molar-refractivity contribution is -0.690. The fourth-order valence-electron chi connectivity index (χ4n) is 2.56. The lowest BCUT2D eigenvalue weighted by Crippen LogP contribution is -2.41. The Bertz CT molecular complexity index is 790. The summed E-state index contributed by atoms with van der Waals surface area (Å²) in [5.41, 5.74) is 3.21. The van der Waals surface area contributed by atoms with E-state index in [1.165, 1.54) is 10.8 Å². The molecule has 1 N–H and O–H groups in total. The van der Waals surface area contributed by atoms with Crippen molar-refractivity contribution in [3.05, 3.63) is 42.2 Å². The molecule has 1 aromatic carbocycles. The Morgan fingerprint density at radius 3 is 2.85 bits per heavy atom. The Morgan fingerprint density at radius 2 is 2.05 bits per heavy atom. The number of nitrogens with one attached hydrogen (secondary N) is 1. The van der Waals surface area contributed by atoms with Crippen molar-refractivity contribution in [3.63, 3.8) is 0 Å². The molecule has 0 saturated heterocycles. The number of aryl methyl sites for hydroxylation is 1. The summed E-state index contributed by atoms with van der Waals surface area (Å²) in [5, 5.41) is 2.38. The average Bonchev–Trinajstić information content (AvgIpc) is 2.82.